The van der Waals surface area contributed by atoms with E-state index in [0.29, 0.717) is 17.1 Å². The van der Waals surface area contributed by atoms with Gasteiger partial charge in [0.15, 0.2) is 0 Å². The number of carbonyl (C=O) groups excluding carboxylic acids is 2. The van der Waals surface area contributed by atoms with Crippen molar-refractivity contribution in [1.82, 2.24) is 15.6 Å². The van der Waals surface area contributed by atoms with Crippen molar-refractivity contribution in [2.24, 2.45) is 0 Å². The second-order valence-corrected chi connectivity index (χ2v) is 8.90. The molecule has 2 amide bonds. The zero-order valence-corrected chi connectivity index (χ0v) is 19.4. The monoisotopic (exact) mass is 479 g/mol. The average Bonchev–Trinajstić information content (AvgIpc) is 3.41. The first-order valence-electron chi connectivity index (χ1n) is 11.0. The fourth-order valence-corrected chi connectivity index (χ4v) is 4.79. The van der Waals surface area contributed by atoms with Crippen LogP contribution in [0, 0.1) is 0 Å². The molecule has 0 radical (unpaired) electrons. The molecule has 0 bridgehead atoms. The van der Waals surface area contributed by atoms with Crippen LogP contribution in [0.25, 0.3) is 11.1 Å². The number of fused-ring (bicyclic) bond motifs is 3. The van der Waals surface area contributed by atoms with Crippen LogP contribution in [0.2, 0.25) is 0 Å². The first-order valence-corrected chi connectivity index (χ1v) is 11.9. The van der Waals surface area contributed by atoms with Gasteiger partial charge in [0.2, 0.25) is 5.91 Å². The van der Waals surface area contributed by atoms with E-state index < -0.39 is 24.0 Å². The lowest BCUT2D eigenvalue weighted by Gasteiger charge is -2.14. The summed E-state index contributed by atoms with van der Waals surface area (Å²) in [5.74, 6) is -1.49. The smallest absolute Gasteiger partial charge is 0.407 e. The number of carbonyl (C=O) groups is 3. The minimum Gasteiger partial charge on any atom is -0.480 e. The van der Waals surface area contributed by atoms with E-state index in [1.165, 1.54) is 22.5 Å². The summed E-state index contributed by atoms with van der Waals surface area (Å²) < 4.78 is 5.52. The Morgan fingerprint density at radius 2 is 1.74 bits per heavy atom. The number of alkyl carbamates (subject to hydrolysis) is 1. The van der Waals surface area contributed by atoms with E-state index in [0.717, 1.165) is 11.1 Å². The number of benzene rings is 2. The third-order valence-corrected chi connectivity index (χ3v) is 6.61. The summed E-state index contributed by atoms with van der Waals surface area (Å²) >= 11 is 1.31. The highest BCUT2D eigenvalue weighted by Gasteiger charge is 2.29. The number of thiazole rings is 1. The van der Waals surface area contributed by atoms with Crippen LogP contribution in [0.15, 0.2) is 53.9 Å². The van der Waals surface area contributed by atoms with Gasteiger partial charge in [0, 0.05) is 11.3 Å². The molecule has 2 aromatic carbocycles. The van der Waals surface area contributed by atoms with E-state index in [-0.39, 0.29) is 25.5 Å². The average molecular weight is 480 g/mol. The van der Waals surface area contributed by atoms with Gasteiger partial charge in [-0.1, -0.05) is 55.5 Å². The van der Waals surface area contributed by atoms with Crippen LogP contribution in [0.5, 0.6) is 0 Å². The van der Waals surface area contributed by atoms with Gasteiger partial charge < -0.3 is 20.5 Å². The summed E-state index contributed by atoms with van der Waals surface area (Å²) in [4.78, 5) is 39.8. The van der Waals surface area contributed by atoms with Gasteiger partial charge in [-0.05, 0) is 28.7 Å². The molecular weight excluding hydrogens is 454 g/mol. The molecule has 0 saturated carbocycles. The van der Waals surface area contributed by atoms with Crippen LogP contribution < -0.4 is 10.6 Å². The Bertz CT molecular complexity index is 1160. The second kappa shape index (κ2) is 10.5. The summed E-state index contributed by atoms with van der Waals surface area (Å²) in [7, 11) is 0. The molecule has 4 rings (SSSR count). The van der Waals surface area contributed by atoms with E-state index in [9.17, 15) is 14.4 Å². The van der Waals surface area contributed by atoms with Crippen molar-refractivity contribution in [3.8, 4) is 11.1 Å². The van der Waals surface area contributed by atoms with Gasteiger partial charge in [-0.3, -0.25) is 4.79 Å². The molecule has 1 aliphatic carbocycles. The Morgan fingerprint density at radius 1 is 1.09 bits per heavy atom. The van der Waals surface area contributed by atoms with Crippen LogP contribution in [0.3, 0.4) is 0 Å². The molecule has 1 aliphatic rings. The minimum atomic E-state index is -1.07. The predicted octanol–water partition coefficient (Wildman–Crippen LogP) is 3.70. The molecule has 9 heteroatoms. The van der Waals surface area contributed by atoms with Crippen LogP contribution in [-0.2, 0) is 27.3 Å². The highest BCUT2D eigenvalue weighted by Crippen LogP contribution is 2.44. The number of carboxylic acid groups (broad SMARTS) is 1. The zero-order valence-electron chi connectivity index (χ0n) is 18.6. The lowest BCUT2D eigenvalue weighted by Crippen LogP contribution is -2.41. The van der Waals surface area contributed by atoms with Crippen LogP contribution in [-0.4, -0.2) is 40.7 Å². The maximum atomic E-state index is 12.3. The number of ether oxygens (including phenoxy) is 1. The maximum absolute atomic E-state index is 12.3. The quantitative estimate of drug-likeness (QED) is 0.431. The van der Waals surface area contributed by atoms with Crippen molar-refractivity contribution in [3.05, 3.63) is 75.7 Å². The van der Waals surface area contributed by atoms with E-state index in [4.69, 9.17) is 9.84 Å². The Labute approximate surface area is 201 Å². The molecule has 0 aliphatic heterocycles. The largest absolute Gasteiger partial charge is 0.480 e. The third-order valence-electron chi connectivity index (χ3n) is 5.71. The number of carboxylic acids is 1. The molecule has 1 heterocycles. The number of nitrogens with one attached hydrogen (secondary N) is 2. The van der Waals surface area contributed by atoms with Crippen molar-refractivity contribution < 1.29 is 24.2 Å². The number of aromatic nitrogens is 1. The molecule has 0 fully saturated rings. The molecule has 0 saturated heterocycles. The van der Waals surface area contributed by atoms with Gasteiger partial charge in [0.1, 0.15) is 17.7 Å². The summed E-state index contributed by atoms with van der Waals surface area (Å²) in [6.45, 7) is 2.09. The number of amides is 2. The molecule has 1 aromatic heterocycles. The summed E-state index contributed by atoms with van der Waals surface area (Å²) in [5.41, 5.74) is 5.15. The van der Waals surface area contributed by atoms with Crippen molar-refractivity contribution in [1.29, 1.82) is 0 Å². The molecule has 3 aromatic rings. The fourth-order valence-electron chi connectivity index (χ4n) is 4.06. The summed E-state index contributed by atoms with van der Waals surface area (Å²) in [6.07, 6.45) is -0.262. The zero-order chi connectivity index (χ0) is 24.1. The van der Waals surface area contributed by atoms with Gasteiger partial charge in [-0.15, -0.1) is 11.3 Å². The standard InChI is InChI=1S/C25H25N3O5S/c1-2-21(24(30)31)28-22(29)11-15-14-34-23(27-15)12-26-25(32)33-13-20-18-9-5-3-7-16(18)17-8-4-6-10-19(17)20/h3-10,14,20-21H,2,11-13H2,1H3,(H,26,32)(H,28,29)(H,30,31)/t21-/m1/s1. The van der Waals surface area contributed by atoms with Gasteiger partial charge in [-0.2, -0.15) is 0 Å². The molecule has 34 heavy (non-hydrogen) atoms. The van der Waals surface area contributed by atoms with Gasteiger partial charge in [0.05, 0.1) is 18.7 Å². The number of aliphatic carboxylic acids is 1. The second-order valence-electron chi connectivity index (χ2n) is 7.96. The number of hydrogen-bond donors (Lipinski definition) is 3. The van der Waals surface area contributed by atoms with Crippen LogP contribution >= 0.6 is 11.3 Å². The summed E-state index contributed by atoms with van der Waals surface area (Å²) in [5, 5.41) is 16.6. The highest BCUT2D eigenvalue weighted by molar-refractivity contribution is 7.09. The molecular formula is C25H25N3O5S. The van der Waals surface area contributed by atoms with Gasteiger partial charge in [0.25, 0.3) is 0 Å². The van der Waals surface area contributed by atoms with E-state index in [1.807, 2.05) is 24.3 Å². The van der Waals surface area contributed by atoms with Crippen molar-refractivity contribution in [2.75, 3.05) is 6.61 Å². The lowest BCUT2D eigenvalue weighted by atomic mass is 9.98. The van der Waals surface area contributed by atoms with Crippen LogP contribution in [0.4, 0.5) is 4.79 Å². The number of rotatable bonds is 9. The predicted molar refractivity (Wildman–Crippen MR) is 128 cm³/mol. The highest BCUT2D eigenvalue weighted by atomic mass is 32.1. The van der Waals surface area contributed by atoms with Crippen molar-refractivity contribution in [3.63, 3.8) is 0 Å². The lowest BCUT2D eigenvalue weighted by molar-refractivity contribution is -0.141. The van der Waals surface area contributed by atoms with Gasteiger partial charge in [-0.25, -0.2) is 14.6 Å². The summed E-state index contributed by atoms with van der Waals surface area (Å²) in [6, 6.07) is 15.4. The van der Waals surface area contributed by atoms with E-state index in [1.54, 1.807) is 12.3 Å². The fraction of sp³-hybridized carbons (Fsp3) is 0.280. The Hall–Kier alpha value is -3.72. The molecule has 0 spiro atoms. The SMILES string of the molecule is CC[C@@H](NC(=O)Cc1csc(CNC(=O)OCC2c3ccccc3-c3ccccc32)n1)C(=O)O. The molecule has 176 valence electrons. The molecule has 8 nitrogen and oxygen atoms in total. The first kappa shape index (κ1) is 23.4. The first-order chi connectivity index (χ1) is 16.5. The Kier molecular flexibility index (Phi) is 7.22. The van der Waals surface area contributed by atoms with E-state index >= 15 is 0 Å². The Balaban J connectivity index is 1.27. The number of hydrogen-bond acceptors (Lipinski definition) is 6. The van der Waals surface area contributed by atoms with E-state index in [2.05, 4.69) is 39.9 Å². The maximum Gasteiger partial charge on any atom is 0.407 e. The molecule has 0 unspecified atom stereocenters. The van der Waals surface area contributed by atoms with Crippen LogP contribution in [0.1, 0.15) is 41.1 Å². The van der Waals surface area contributed by atoms with Crippen molar-refractivity contribution >= 4 is 29.3 Å². The minimum absolute atomic E-state index is 0.0131. The van der Waals surface area contributed by atoms with Crippen molar-refractivity contribution in [2.45, 2.75) is 38.3 Å². The number of nitrogens with zero attached hydrogens (tertiary/aromatic N) is 1. The van der Waals surface area contributed by atoms with Gasteiger partial charge >= 0.3 is 12.1 Å². The topological polar surface area (TPSA) is 118 Å². The molecule has 1 atom stereocenters. The Morgan fingerprint density at radius 3 is 2.35 bits per heavy atom. The molecule has 3 N–H and O–H groups in total. The third kappa shape index (κ3) is 5.26. The normalized spacial score (nSPS) is 13.0.